The fourth-order valence-corrected chi connectivity index (χ4v) is 2.81. The van der Waals surface area contributed by atoms with Crippen molar-refractivity contribution in [3.63, 3.8) is 0 Å². The van der Waals surface area contributed by atoms with Crippen molar-refractivity contribution in [2.75, 3.05) is 19.7 Å². The van der Waals surface area contributed by atoms with Gasteiger partial charge in [-0.3, -0.25) is 9.48 Å². The summed E-state index contributed by atoms with van der Waals surface area (Å²) in [5.41, 5.74) is 1.94. The average molecular weight is 387 g/mol. The van der Waals surface area contributed by atoms with Gasteiger partial charge in [0.1, 0.15) is 12.4 Å². The molecule has 2 heterocycles. The Bertz CT molecular complexity index is 725. The van der Waals surface area contributed by atoms with Crippen molar-refractivity contribution in [1.29, 1.82) is 0 Å². The predicted molar refractivity (Wildman–Crippen MR) is 95.2 cm³/mol. The van der Waals surface area contributed by atoms with Gasteiger partial charge in [0.2, 0.25) is 0 Å². The molecule has 6 nitrogen and oxygen atoms in total. The number of benzene rings is 1. The molecule has 0 unspecified atom stereocenters. The van der Waals surface area contributed by atoms with Crippen molar-refractivity contribution < 1.29 is 18.3 Å². The van der Waals surface area contributed by atoms with Crippen LogP contribution in [0.5, 0.6) is 5.75 Å². The smallest absolute Gasteiger partial charge is 0.272 e. The molecule has 0 saturated heterocycles. The Hall–Kier alpha value is -2.19. The first-order valence-electron chi connectivity index (χ1n) is 8.18. The largest absolute Gasteiger partial charge is 0.492 e. The van der Waals surface area contributed by atoms with E-state index in [1.165, 1.54) is 0 Å². The number of fused-ring (bicyclic) bond motifs is 1. The number of hydrogen-bond donors (Lipinski definition) is 2. The van der Waals surface area contributed by atoms with Crippen LogP contribution in [0.1, 0.15) is 21.7 Å². The summed E-state index contributed by atoms with van der Waals surface area (Å²) < 4.78 is 32.0. The van der Waals surface area contributed by atoms with Crippen molar-refractivity contribution in [2.45, 2.75) is 25.9 Å². The highest BCUT2D eigenvalue weighted by Crippen LogP contribution is 2.19. The standard InChI is InChI=1S/C17H20F2N4O2.ClH/c18-15(19)11-21-17(24)16-13-10-20-7-6-14(13)23(22-16)8-9-25-12-4-2-1-3-5-12;/h1-5,15,20H,6-11H2,(H,21,24);1H. The van der Waals surface area contributed by atoms with Crippen LogP contribution in [0.2, 0.25) is 0 Å². The second-order valence-corrected chi connectivity index (χ2v) is 5.69. The van der Waals surface area contributed by atoms with Gasteiger partial charge >= 0.3 is 0 Å². The summed E-state index contributed by atoms with van der Waals surface area (Å²) in [5.74, 6) is 0.197. The lowest BCUT2D eigenvalue weighted by Gasteiger charge is -2.15. The number of aromatic nitrogens is 2. The Morgan fingerprint density at radius 3 is 2.85 bits per heavy atom. The molecule has 1 aliphatic rings. The summed E-state index contributed by atoms with van der Waals surface area (Å²) in [6.45, 7) is 1.51. The molecular formula is C17H21ClF2N4O2. The Kier molecular flexibility index (Phi) is 7.35. The van der Waals surface area contributed by atoms with Gasteiger partial charge in [-0.05, 0) is 12.1 Å². The second-order valence-electron chi connectivity index (χ2n) is 5.69. The molecule has 0 spiro atoms. The molecule has 142 valence electrons. The van der Waals surface area contributed by atoms with Crippen molar-refractivity contribution in [3.8, 4) is 5.75 Å². The molecule has 0 atom stereocenters. The molecule has 2 aromatic rings. The van der Waals surface area contributed by atoms with Gasteiger partial charge in [0.05, 0.1) is 13.1 Å². The molecule has 1 amide bonds. The van der Waals surface area contributed by atoms with E-state index >= 15 is 0 Å². The third kappa shape index (κ3) is 4.92. The quantitative estimate of drug-likeness (QED) is 0.764. The van der Waals surface area contributed by atoms with Crippen LogP contribution >= 0.6 is 12.4 Å². The molecule has 9 heteroatoms. The lowest BCUT2D eigenvalue weighted by molar-refractivity contribution is 0.0885. The van der Waals surface area contributed by atoms with Crippen LogP contribution in [0.15, 0.2) is 30.3 Å². The molecule has 3 rings (SSSR count). The highest BCUT2D eigenvalue weighted by molar-refractivity contribution is 5.94. The summed E-state index contributed by atoms with van der Waals surface area (Å²) in [7, 11) is 0. The topological polar surface area (TPSA) is 68.2 Å². The molecule has 0 bridgehead atoms. The number of alkyl halides is 2. The lowest BCUT2D eigenvalue weighted by atomic mass is 10.1. The highest BCUT2D eigenvalue weighted by atomic mass is 35.5. The van der Waals surface area contributed by atoms with Crippen LogP contribution in [-0.4, -0.2) is 41.8 Å². The maximum Gasteiger partial charge on any atom is 0.272 e. The Balaban J connectivity index is 0.00000243. The van der Waals surface area contributed by atoms with Gasteiger partial charge < -0.3 is 15.4 Å². The molecule has 26 heavy (non-hydrogen) atoms. The molecule has 0 saturated carbocycles. The zero-order valence-electron chi connectivity index (χ0n) is 14.1. The van der Waals surface area contributed by atoms with Crippen molar-refractivity contribution >= 4 is 18.3 Å². The minimum absolute atomic E-state index is 0. The van der Waals surface area contributed by atoms with Crippen molar-refractivity contribution in [2.24, 2.45) is 0 Å². The van der Waals surface area contributed by atoms with Gasteiger partial charge in [0, 0.05) is 30.8 Å². The monoisotopic (exact) mass is 386 g/mol. The number of carbonyl (C=O) groups is 1. The fraction of sp³-hybridized carbons (Fsp3) is 0.412. The first-order valence-corrected chi connectivity index (χ1v) is 8.18. The fourth-order valence-electron chi connectivity index (χ4n) is 2.81. The van der Waals surface area contributed by atoms with Crippen LogP contribution in [0.25, 0.3) is 0 Å². The van der Waals surface area contributed by atoms with E-state index in [1.807, 2.05) is 30.3 Å². The number of carbonyl (C=O) groups excluding carboxylic acids is 1. The van der Waals surface area contributed by atoms with Crippen LogP contribution < -0.4 is 15.4 Å². The predicted octanol–water partition coefficient (Wildman–Crippen LogP) is 2.02. The van der Waals surface area contributed by atoms with E-state index in [-0.39, 0.29) is 18.1 Å². The first-order chi connectivity index (χ1) is 12.1. The number of nitrogens with zero attached hydrogens (tertiary/aromatic N) is 2. The van der Waals surface area contributed by atoms with Crippen LogP contribution in [-0.2, 0) is 19.5 Å². The normalized spacial score (nSPS) is 13.0. The van der Waals surface area contributed by atoms with E-state index in [4.69, 9.17) is 4.74 Å². The van der Waals surface area contributed by atoms with Gasteiger partial charge in [-0.15, -0.1) is 12.4 Å². The second kappa shape index (κ2) is 9.49. The molecule has 1 aromatic heterocycles. The minimum atomic E-state index is -2.58. The zero-order chi connectivity index (χ0) is 17.6. The van der Waals surface area contributed by atoms with E-state index in [9.17, 15) is 13.6 Å². The van der Waals surface area contributed by atoms with E-state index in [0.29, 0.717) is 19.7 Å². The summed E-state index contributed by atoms with van der Waals surface area (Å²) >= 11 is 0. The zero-order valence-corrected chi connectivity index (χ0v) is 14.9. The van der Waals surface area contributed by atoms with E-state index in [0.717, 1.165) is 30.0 Å². The number of ether oxygens (including phenoxy) is 1. The van der Waals surface area contributed by atoms with Crippen LogP contribution in [0.3, 0.4) is 0 Å². The van der Waals surface area contributed by atoms with Crippen LogP contribution in [0.4, 0.5) is 8.78 Å². The lowest BCUT2D eigenvalue weighted by Crippen LogP contribution is -2.31. The van der Waals surface area contributed by atoms with Gasteiger partial charge in [-0.2, -0.15) is 5.10 Å². The number of nitrogens with one attached hydrogen (secondary N) is 2. The number of halogens is 3. The first kappa shape index (κ1) is 20.1. The third-order valence-corrected chi connectivity index (χ3v) is 3.95. The molecule has 0 aliphatic carbocycles. The molecule has 1 aromatic carbocycles. The third-order valence-electron chi connectivity index (χ3n) is 3.95. The Morgan fingerprint density at radius 1 is 1.35 bits per heavy atom. The maximum atomic E-state index is 12.3. The average Bonchev–Trinajstić information content (AvgIpc) is 3.00. The van der Waals surface area contributed by atoms with Gasteiger partial charge in [-0.1, -0.05) is 18.2 Å². The molecule has 2 N–H and O–H groups in total. The Labute approximate surface area is 156 Å². The Morgan fingerprint density at radius 2 is 2.12 bits per heavy atom. The van der Waals surface area contributed by atoms with Crippen LogP contribution in [0, 0.1) is 0 Å². The maximum absolute atomic E-state index is 12.3. The summed E-state index contributed by atoms with van der Waals surface area (Å²) in [6, 6.07) is 9.43. The summed E-state index contributed by atoms with van der Waals surface area (Å²) in [5, 5.41) is 9.74. The van der Waals surface area contributed by atoms with Crippen molar-refractivity contribution in [1.82, 2.24) is 20.4 Å². The molecule has 0 fully saturated rings. The molecule has 0 radical (unpaired) electrons. The number of rotatable bonds is 7. The molecular weight excluding hydrogens is 366 g/mol. The number of amides is 1. The van der Waals surface area contributed by atoms with Gasteiger partial charge in [0.15, 0.2) is 5.69 Å². The van der Waals surface area contributed by atoms with Gasteiger partial charge in [-0.25, -0.2) is 8.78 Å². The minimum Gasteiger partial charge on any atom is -0.492 e. The highest BCUT2D eigenvalue weighted by Gasteiger charge is 2.25. The van der Waals surface area contributed by atoms with Gasteiger partial charge in [0.25, 0.3) is 12.3 Å². The number of hydrogen-bond acceptors (Lipinski definition) is 4. The number of para-hydroxylation sites is 1. The molecule has 1 aliphatic heterocycles. The van der Waals surface area contributed by atoms with E-state index in [1.54, 1.807) is 4.68 Å². The summed E-state index contributed by atoms with van der Waals surface area (Å²) in [4.78, 5) is 12.2. The van der Waals surface area contributed by atoms with E-state index in [2.05, 4.69) is 15.7 Å². The SMILES string of the molecule is Cl.O=C(NCC(F)F)c1nn(CCOc2ccccc2)c2c1CNCC2. The summed E-state index contributed by atoms with van der Waals surface area (Å²) in [6.07, 6.45) is -1.85. The van der Waals surface area contributed by atoms with E-state index < -0.39 is 18.9 Å². The van der Waals surface area contributed by atoms with Crippen molar-refractivity contribution in [3.05, 3.63) is 47.3 Å².